The van der Waals surface area contributed by atoms with Crippen molar-refractivity contribution in [2.24, 2.45) is 5.41 Å². The van der Waals surface area contributed by atoms with E-state index in [1.165, 1.54) is 0 Å². The van der Waals surface area contributed by atoms with Gasteiger partial charge in [-0.15, -0.1) is 0 Å². The summed E-state index contributed by atoms with van der Waals surface area (Å²) in [6, 6.07) is 20.7. The number of nitrogens with one attached hydrogen (secondary N) is 1. The number of esters is 1. The molecule has 0 unspecified atom stereocenters. The zero-order valence-electron chi connectivity index (χ0n) is 20.8. The van der Waals surface area contributed by atoms with E-state index in [1.807, 2.05) is 36.4 Å². The molecule has 0 aliphatic carbocycles. The number of carbonyl (C=O) groups is 1. The van der Waals surface area contributed by atoms with Gasteiger partial charge in [-0.25, -0.2) is 9.78 Å². The Morgan fingerprint density at radius 2 is 1.71 bits per heavy atom. The van der Waals surface area contributed by atoms with Gasteiger partial charge in [-0.1, -0.05) is 51.1 Å². The van der Waals surface area contributed by atoms with Crippen LogP contribution >= 0.6 is 0 Å². The molecule has 0 saturated heterocycles. The molecule has 0 aliphatic rings. The SMILES string of the molecule is Cc1ccn2c(NC(C)(C)CC(C)(C)C)c(-c3cccc(OC(=O)c4ccccc4)c3)nc2c1. The van der Waals surface area contributed by atoms with Crippen molar-refractivity contribution < 1.29 is 9.53 Å². The highest BCUT2D eigenvalue weighted by Crippen LogP contribution is 2.36. The van der Waals surface area contributed by atoms with Gasteiger partial charge in [0.25, 0.3) is 0 Å². The Labute approximate surface area is 201 Å². The molecule has 0 saturated carbocycles. The number of imidazole rings is 1. The van der Waals surface area contributed by atoms with Crippen LogP contribution in [0.25, 0.3) is 16.9 Å². The summed E-state index contributed by atoms with van der Waals surface area (Å²) < 4.78 is 7.76. The van der Waals surface area contributed by atoms with Crippen LogP contribution in [0.2, 0.25) is 0 Å². The molecule has 1 N–H and O–H groups in total. The molecule has 0 fully saturated rings. The van der Waals surface area contributed by atoms with Gasteiger partial charge in [0.1, 0.15) is 22.9 Å². The summed E-state index contributed by atoms with van der Waals surface area (Å²) in [4.78, 5) is 17.5. The van der Waals surface area contributed by atoms with Crippen LogP contribution in [0.4, 0.5) is 5.82 Å². The topological polar surface area (TPSA) is 55.6 Å². The fourth-order valence-corrected chi connectivity index (χ4v) is 4.60. The Hall–Kier alpha value is -3.60. The highest BCUT2D eigenvalue weighted by Gasteiger charge is 2.28. The lowest BCUT2D eigenvalue weighted by atomic mass is 9.82. The molecule has 34 heavy (non-hydrogen) atoms. The van der Waals surface area contributed by atoms with Crippen molar-refractivity contribution in [1.82, 2.24) is 9.38 Å². The third-order valence-corrected chi connectivity index (χ3v) is 5.54. The predicted molar refractivity (Wildman–Crippen MR) is 139 cm³/mol. The Kier molecular flexibility index (Phi) is 6.22. The van der Waals surface area contributed by atoms with Crippen molar-refractivity contribution in [3.05, 3.63) is 84.1 Å². The lowest BCUT2D eigenvalue weighted by Gasteiger charge is -2.34. The zero-order chi connectivity index (χ0) is 24.5. The molecule has 5 nitrogen and oxygen atoms in total. The number of carbonyl (C=O) groups excluding carboxylic acids is 1. The molecule has 2 heterocycles. The maximum atomic E-state index is 12.6. The number of anilines is 1. The highest BCUT2D eigenvalue weighted by atomic mass is 16.5. The van der Waals surface area contributed by atoms with Crippen LogP contribution in [0.3, 0.4) is 0 Å². The summed E-state index contributed by atoms with van der Waals surface area (Å²) in [6.45, 7) is 13.2. The molecule has 0 radical (unpaired) electrons. The smallest absolute Gasteiger partial charge is 0.343 e. The molecule has 4 rings (SSSR count). The number of rotatable bonds is 6. The van der Waals surface area contributed by atoms with E-state index in [0.29, 0.717) is 11.3 Å². The number of benzene rings is 2. The predicted octanol–water partition coefficient (Wildman–Crippen LogP) is 7.16. The molecule has 5 heteroatoms. The van der Waals surface area contributed by atoms with Gasteiger partial charge >= 0.3 is 5.97 Å². The van der Waals surface area contributed by atoms with Gasteiger partial charge < -0.3 is 10.1 Å². The normalized spacial score (nSPS) is 12.1. The molecular formula is C29H33N3O2. The van der Waals surface area contributed by atoms with Crippen LogP contribution in [0.5, 0.6) is 5.75 Å². The number of fused-ring (bicyclic) bond motifs is 1. The molecule has 2 aromatic heterocycles. The second-order valence-corrected chi connectivity index (χ2v) is 10.8. The minimum Gasteiger partial charge on any atom is -0.423 e. The Balaban J connectivity index is 1.73. The van der Waals surface area contributed by atoms with Crippen molar-refractivity contribution in [2.45, 2.75) is 53.5 Å². The molecule has 0 amide bonds. The van der Waals surface area contributed by atoms with Crippen LogP contribution in [-0.4, -0.2) is 20.9 Å². The standard InChI is InChI=1S/C29H33N3O2/c1-20-15-16-32-24(17-20)30-25(26(32)31-29(5,6)19-28(2,3)4)22-13-10-14-23(18-22)34-27(33)21-11-8-7-9-12-21/h7-18,31H,19H2,1-6H3. The van der Waals surface area contributed by atoms with E-state index in [-0.39, 0.29) is 16.9 Å². The van der Waals surface area contributed by atoms with Crippen LogP contribution in [0.15, 0.2) is 72.9 Å². The number of pyridine rings is 1. The average Bonchev–Trinajstić information content (AvgIpc) is 3.09. The monoisotopic (exact) mass is 455 g/mol. The van der Waals surface area contributed by atoms with Crippen molar-refractivity contribution in [2.75, 3.05) is 5.32 Å². The van der Waals surface area contributed by atoms with Gasteiger partial charge in [-0.05, 0) is 74.6 Å². The summed E-state index contributed by atoms with van der Waals surface area (Å²) in [6.07, 6.45) is 3.03. The minimum atomic E-state index is -0.381. The molecule has 0 spiro atoms. The van der Waals surface area contributed by atoms with Crippen molar-refractivity contribution in [3.63, 3.8) is 0 Å². The maximum absolute atomic E-state index is 12.6. The summed E-state index contributed by atoms with van der Waals surface area (Å²) in [5, 5.41) is 3.76. The first-order chi connectivity index (χ1) is 16.0. The fraction of sp³-hybridized carbons (Fsp3) is 0.310. The number of hydrogen-bond acceptors (Lipinski definition) is 4. The van der Waals surface area contributed by atoms with E-state index in [1.54, 1.807) is 18.2 Å². The Bertz CT molecular complexity index is 1310. The van der Waals surface area contributed by atoms with Gasteiger partial charge in [0.15, 0.2) is 0 Å². The fourth-order valence-electron chi connectivity index (χ4n) is 4.60. The van der Waals surface area contributed by atoms with Crippen molar-refractivity contribution in [1.29, 1.82) is 0 Å². The summed E-state index contributed by atoms with van der Waals surface area (Å²) in [5.41, 5.74) is 4.25. The number of hydrogen-bond donors (Lipinski definition) is 1. The van der Waals surface area contributed by atoms with Crippen LogP contribution < -0.4 is 10.1 Å². The third-order valence-electron chi connectivity index (χ3n) is 5.54. The van der Waals surface area contributed by atoms with Gasteiger partial charge in [-0.3, -0.25) is 4.40 Å². The number of aromatic nitrogens is 2. The maximum Gasteiger partial charge on any atom is 0.343 e. The van der Waals surface area contributed by atoms with E-state index >= 15 is 0 Å². The van der Waals surface area contributed by atoms with Crippen LogP contribution in [0, 0.1) is 12.3 Å². The van der Waals surface area contributed by atoms with E-state index in [4.69, 9.17) is 9.72 Å². The highest BCUT2D eigenvalue weighted by molar-refractivity contribution is 5.91. The van der Waals surface area contributed by atoms with Crippen LogP contribution in [-0.2, 0) is 0 Å². The van der Waals surface area contributed by atoms with Gasteiger partial charge in [0.2, 0.25) is 0 Å². The summed E-state index contributed by atoms with van der Waals surface area (Å²) >= 11 is 0. The molecular weight excluding hydrogens is 422 g/mol. The first-order valence-corrected chi connectivity index (χ1v) is 11.7. The van der Waals surface area contributed by atoms with E-state index in [0.717, 1.165) is 34.7 Å². The van der Waals surface area contributed by atoms with Crippen molar-refractivity contribution >= 4 is 17.4 Å². The lowest BCUT2D eigenvalue weighted by molar-refractivity contribution is 0.0735. The number of aryl methyl sites for hydroxylation is 1. The first-order valence-electron chi connectivity index (χ1n) is 11.7. The summed E-state index contributed by atoms with van der Waals surface area (Å²) in [5.74, 6) is 1.03. The molecule has 2 aromatic carbocycles. The third kappa shape index (κ3) is 5.48. The van der Waals surface area contributed by atoms with E-state index in [9.17, 15) is 4.79 Å². The van der Waals surface area contributed by atoms with Crippen LogP contribution in [0.1, 0.15) is 57.0 Å². The molecule has 0 atom stereocenters. The lowest BCUT2D eigenvalue weighted by Crippen LogP contribution is -2.36. The molecule has 0 bridgehead atoms. The van der Waals surface area contributed by atoms with E-state index < -0.39 is 0 Å². The van der Waals surface area contributed by atoms with E-state index in [2.05, 4.69) is 69.6 Å². The van der Waals surface area contributed by atoms with Gasteiger partial charge in [-0.2, -0.15) is 0 Å². The summed E-state index contributed by atoms with van der Waals surface area (Å²) in [7, 11) is 0. The quantitative estimate of drug-likeness (QED) is 0.248. The van der Waals surface area contributed by atoms with Gasteiger partial charge in [0.05, 0.1) is 5.56 Å². The van der Waals surface area contributed by atoms with Gasteiger partial charge in [0, 0.05) is 17.3 Å². The molecule has 4 aromatic rings. The second kappa shape index (κ2) is 8.98. The molecule has 176 valence electrons. The largest absolute Gasteiger partial charge is 0.423 e. The Morgan fingerprint density at radius 1 is 0.971 bits per heavy atom. The first kappa shape index (κ1) is 23.6. The van der Waals surface area contributed by atoms with Crippen molar-refractivity contribution in [3.8, 4) is 17.0 Å². The minimum absolute atomic E-state index is 0.161. The zero-order valence-corrected chi connectivity index (χ0v) is 20.8. The average molecular weight is 456 g/mol. The Morgan fingerprint density at radius 3 is 2.41 bits per heavy atom. The number of ether oxygens (including phenoxy) is 1. The molecule has 0 aliphatic heterocycles. The number of nitrogens with zero attached hydrogens (tertiary/aromatic N) is 2. The second-order valence-electron chi connectivity index (χ2n) is 10.8.